The number of para-hydroxylation sites is 1. The van der Waals surface area contributed by atoms with Crippen molar-refractivity contribution in [3.8, 4) is 17.2 Å². The highest BCUT2D eigenvalue weighted by Gasteiger charge is 2.12. The Hall–Kier alpha value is -2.93. The normalized spacial score (nSPS) is 9.96. The lowest BCUT2D eigenvalue weighted by Gasteiger charge is -2.12. The molecule has 138 valence electrons. The highest BCUT2D eigenvalue weighted by molar-refractivity contribution is 6.32. The second-order valence-corrected chi connectivity index (χ2v) is 5.40. The van der Waals surface area contributed by atoms with Gasteiger partial charge in [-0.05, 0) is 24.3 Å². The lowest BCUT2D eigenvalue weighted by molar-refractivity contribution is -0.149. The van der Waals surface area contributed by atoms with Gasteiger partial charge in [-0.1, -0.05) is 23.7 Å². The summed E-state index contributed by atoms with van der Waals surface area (Å²) in [6.45, 7) is -0.817. The van der Waals surface area contributed by atoms with Crippen LogP contribution >= 0.6 is 11.6 Å². The predicted molar refractivity (Wildman–Crippen MR) is 96.1 cm³/mol. The Kier molecular flexibility index (Phi) is 7.11. The molecule has 8 heteroatoms. The fourth-order valence-electron chi connectivity index (χ4n) is 1.97. The maximum atomic E-state index is 11.9. The monoisotopic (exact) mass is 379 g/mol. The van der Waals surface area contributed by atoms with Gasteiger partial charge < -0.3 is 24.3 Å². The van der Waals surface area contributed by atoms with Crippen molar-refractivity contribution in [2.24, 2.45) is 0 Å². The summed E-state index contributed by atoms with van der Waals surface area (Å²) in [4.78, 5) is 23.6. The van der Waals surface area contributed by atoms with Crippen LogP contribution in [0.15, 0.2) is 42.5 Å². The zero-order chi connectivity index (χ0) is 18.9. The topological polar surface area (TPSA) is 83.1 Å². The predicted octanol–water partition coefficient (Wildman–Crippen LogP) is 2.92. The third kappa shape index (κ3) is 5.56. The van der Waals surface area contributed by atoms with Crippen molar-refractivity contribution in [1.82, 2.24) is 0 Å². The maximum absolute atomic E-state index is 11.9. The largest absolute Gasteiger partial charge is 0.497 e. The minimum Gasteiger partial charge on any atom is -0.497 e. The van der Waals surface area contributed by atoms with Crippen LogP contribution in [0, 0.1) is 0 Å². The van der Waals surface area contributed by atoms with Crippen LogP contribution in [-0.4, -0.2) is 39.3 Å². The SMILES string of the molecule is COc1ccc(NC(=O)COC(=O)COc2ccccc2Cl)c(OC)c1. The number of methoxy groups -OCH3 is 2. The van der Waals surface area contributed by atoms with E-state index in [1.54, 1.807) is 42.5 Å². The molecule has 0 saturated heterocycles. The number of nitrogens with one attached hydrogen (secondary N) is 1. The smallest absolute Gasteiger partial charge is 0.344 e. The molecule has 2 aromatic carbocycles. The van der Waals surface area contributed by atoms with Gasteiger partial charge in [0.05, 0.1) is 24.9 Å². The lowest BCUT2D eigenvalue weighted by Crippen LogP contribution is -2.23. The Morgan fingerprint density at radius 2 is 1.77 bits per heavy atom. The van der Waals surface area contributed by atoms with E-state index in [1.807, 2.05) is 0 Å². The van der Waals surface area contributed by atoms with Gasteiger partial charge in [0.15, 0.2) is 13.2 Å². The van der Waals surface area contributed by atoms with Crippen LogP contribution in [0.1, 0.15) is 0 Å². The molecule has 0 radical (unpaired) electrons. The number of hydrogen-bond acceptors (Lipinski definition) is 6. The third-order valence-corrected chi connectivity index (χ3v) is 3.54. The van der Waals surface area contributed by atoms with E-state index in [1.165, 1.54) is 14.2 Å². The average Bonchev–Trinajstić information content (AvgIpc) is 2.66. The van der Waals surface area contributed by atoms with Crippen molar-refractivity contribution >= 4 is 29.2 Å². The molecule has 0 unspecified atom stereocenters. The number of rotatable bonds is 8. The van der Waals surface area contributed by atoms with E-state index in [0.29, 0.717) is 28.0 Å². The molecule has 7 nitrogen and oxygen atoms in total. The zero-order valence-electron chi connectivity index (χ0n) is 14.3. The van der Waals surface area contributed by atoms with E-state index >= 15 is 0 Å². The molecule has 0 atom stereocenters. The first-order chi connectivity index (χ1) is 12.5. The first kappa shape index (κ1) is 19.4. The molecule has 2 rings (SSSR count). The number of hydrogen-bond donors (Lipinski definition) is 1. The molecular formula is C18H18ClNO6. The summed E-state index contributed by atoms with van der Waals surface area (Å²) >= 11 is 5.91. The summed E-state index contributed by atoms with van der Waals surface area (Å²) < 4.78 is 20.4. The Morgan fingerprint density at radius 1 is 1.00 bits per heavy atom. The lowest BCUT2D eigenvalue weighted by atomic mass is 10.2. The van der Waals surface area contributed by atoms with E-state index in [0.717, 1.165) is 0 Å². The molecule has 0 saturated carbocycles. The standard InChI is InChI=1S/C18H18ClNO6/c1-23-12-7-8-14(16(9-12)24-2)20-17(21)10-26-18(22)11-25-15-6-4-3-5-13(15)19/h3-9H,10-11H2,1-2H3,(H,20,21). The third-order valence-electron chi connectivity index (χ3n) is 3.23. The van der Waals surface area contributed by atoms with E-state index in [9.17, 15) is 9.59 Å². The summed E-state index contributed by atoms with van der Waals surface area (Å²) in [5, 5.41) is 2.97. The van der Waals surface area contributed by atoms with Crippen LogP contribution in [0.4, 0.5) is 5.69 Å². The van der Waals surface area contributed by atoms with Crippen molar-refractivity contribution in [3.63, 3.8) is 0 Å². The van der Waals surface area contributed by atoms with Gasteiger partial charge in [0.1, 0.15) is 17.2 Å². The molecule has 2 aromatic rings. The van der Waals surface area contributed by atoms with Crippen LogP contribution in [0.5, 0.6) is 17.2 Å². The molecule has 0 fully saturated rings. The van der Waals surface area contributed by atoms with Gasteiger partial charge in [-0.2, -0.15) is 0 Å². The zero-order valence-corrected chi connectivity index (χ0v) is 15.0. The molecule has 0 aromatic heterocycles. The number of esters is 1. The van der Waals surface area contributed by atoms with E-state index < -0.39 is 18.5 Å². The maximum Gasteiger partial charge on any atom is 0.344 e. The minimum atomic E-state index is -0.693. The highest BCUT2D eigenvalue weighted by Crippen LogP contribution is 2.29. The first-order valence-corrected chi connectivity index (χ1v) is 7.96. The van der Waals surface area contributed by atoms with Crippen LogP contribution in [0.2, 0.25) is 5.02 Å². The number of benzene rings is 2. The van der Waals surface area contributed by atoms with Crippen molar-refractivity contribution < 1.29 is 28.5 Å². The summed E-state index contributed by atoms with van der Waals surface area (Å²) in [6, 6.07) is 11.6. The Bertz CT molecular complexity index is 780. The number of amides is 1. The molecule has 1 amide bonds. The van der Waals surface area contributed by atoms with E-state index in [4.69, 9.17) is 30.5 Å². The minimum absolute atomic E-state index is 0.358. The number of halogens is 1. The quantitative estimate of drug-likeness (QED) is 0.710. The Labute approximate surface area is 155 Å². The second kappa shape index (κ2) is 9.53. The molecule has 0 aliphatic rings. The van der Waals surface area contributed by atoms with Gasteiger partial charge in [-0.25, -0.2) is 4.79 Å². The number of anilines is 1. The Balaban J connectivity index is 1.81. The van der Waals surface area contributed by atoms with Crippen LogP contribution in [-0.2, 0) is 14.3 Å². The number of carbonyl (C=O) groups is 2. The van der Waals surface area contributed by atoms with Gasteiger partial charge in [0.25, 0.3) is 5.91 Å². The molecule has 0 spiro atoms. The molecule has 1 N–H and O–H groups in total. The molecule has 26 heavy (non-hydrogen) atoms. The number of ether oxygens (including phenoxy) is 4. The molecule has 0 aliphatic heterocycles. The summed E-state index contributed by atoms with van der Waals surface area (Å²) in [5.74, 6) is 0.161. The Morgan fingerprint density at radius 3 is 2.46 bits per heavy atom. The van der Waals surface area contributed by atoms with Crippen LogP contribution < -0.4 is 19.5 Å². The van der Waals surface area contributed by atoms with Crippen molar-refractivity contribution in [1.29, 1.82) is 0 Å². The van der Waals surface area contributed by atoms with Gasteiger partial charge in [0, 0.05) is 6.07 Å². The summed E-state index contributed by atoms with van der Waals surface area (Å²) in [6.07, 6.45) is 0. The molecule has 0 bridgehead atoms. The van der Waals surface area contributed by atoms with E-state index in [-0.39, 0.29) is 6.61 Å². The fraction of sp³-hybridized carbons (Fsp3) is 0.222. The van der Waals surface area contributed by atoms with Crippen LogP contribution in [0.25, 0.3) is 0 Å². The van der Waals surface area contributed by atoms with Crippen molar-refractivity contribution in [2.45, 2.75) is 0 Å². The average molecular weight is 380 g/mol. The molecule has 0 aliphatic carbocycles. The molecular weight excluding hydrogens is 362 g/mol. The van der Waals surface area contributed by atoms with Gasteiger partial charge in [0.2, 0.25) is 0 Å². The highest BCUT2D eigenvalue weighted by atomic mass is 35.5. The fourth-order valence-corrected chi connectivity index (χ4v) is 2.16. The van der Waals surface area contributed by atoms with Crippen LogP contribution in [0.3, 0.4) is 0 Å². The van der Waals surface area contributed by atoms with Crippen molar-refractivity contribution in [3.05, 3.63) is 47.5 Å². The van der Waals surface area contributed by atoms with E-state index in [2.05, 4.69) is 5.32 Å². The van der Waals surface area contributed by atoms with Crippen molar-refractivity contribution in [2.75, 3.05) is 32.8 Å². The van der Waals surface area contributed by atoms with Gasteiger partial charge in [-0.3, -0.25) is 4.79 Å². The first-order valence-electron chi connectivity index (χ1n) is 7.58. The summed E-state index contributed by atoms with van der Waals surface area (Å²) in [5.41, 5.74) is 0.432. The number of carbonyl (C=O) groups excluding carboxylic acids is 2. The second-order valence-electron chi connectivity index (χ2n) is 4.99. The van der Waals surface area contributed by atoms with Gasteiger partial charge >= 0.3 is 5.97 Å². The van der Waals surface area contributed by atoms with Gasteiger partial charge in [-0.15, -0.1) is 0 Å². The summed E-state index contributed by atoms with van der Waals surface area (Å²) in [7, 11) is 2.99. The molecule has 0 heterocycles.